The van der Waals surface area contributed by atoms with Gasteiger partial charge in [-0.25, -0.2) is 0 Å². The molecule has 0 amide bonds. The van der Waals surface area contributed by atoms with Crippen molar-refractivity contribution in [2.75, 3.05) is 13.2 Å². The van der Waals surface area contributed by atoms with Gasteiger partial charge in [-0.2, -0.15) is 5.26 Å². The van der Waals surface area contributed by atoms with E-state index in [1.807, 2.05) is 6.07 Å². The average molecular weight is 333 g/mol. The fourth-order valence-electron chi connectivity index (χ4n) is 1.27. The molecule has 0 unspecified atom stereocenters. The highest BCUT2D eigenvalue weighted by Gasteiger charge is 2.21. The van der Waals surface area contributed by atoms with Crippen molar-refractivity contribution in [2.45, 2.75) is 13.8 Å². The van der Waals surface area contributed by atoms with E-state index in [1.54, 1.807) is 38.1 Å². The van der Waals surface area contributed by atoms with E-state index >= 15 is 0 Å². The summed E-state index contributed by atoms with van der Waals surface area (Å²) in [6.45, 7) is 1.24. The molecule has 0 heterocycles. The number of rotatable bonds is 7. The molecule has 0 spiro atoms. The minimum atomic E-state index is -2.97. The minimum Gasteiger partial charge on any atom is -0.312 e. The summed E-state index contributed by atoms with van der Waals surface area (Å²) in [6.07, 6.45) is 0. The van der Waals surface area contributed by atoms with Crippen molar-refractivity contribution in [1.29, 1.82) is 5.26 Å². The minimum absolute atomic E-state index is 0.0178. The van der Waals surface area contributed by atoms with Gasteiger partial charge in [0.15, 0.2) is 5.71 Å². The first kappa shape index (κ1) is 17.1. The molecule has 1 aromatic rings. The van der Waals surface area contributed by atoms with Gasteiger partial charge in [-0.15, -0.1) is 0 Å². The fourth-order valence-corrected chi connectivity index (χ4v) is 3.22. The summed E-state index contributed by atoms with van der Waals surface area (Å²) in [4.78, 5) is 0. The van der Waals surface area contributed by atoms with Gasteiger partial charge in [0.1, 0.15) is 6.07 Å². The smallest absolute Gasteiger partial charge is 0.312 e. The van der Waals surface area contributed by atoms with E-state index in [9.17, 15) is 0 Å². The van der Waals surface area contributed by atoms with Crippen molar-refractivity contribution < 1.29 is 13.7 Å². The molecular weight excluding hydrogens is 319 g/mol. The van der Waals surface area contributed by atoms with E-state index in [0.717, 1.165) is 0 Å². The summed E-state index contributed by atoms with van der Waals surface area (Å²) in [7, 11) is 0. The molecule has 1 rings (SSSR count). The topological polar surface area (TPSA) is 63.8 Å². The number of nitriles is 1. The lowest BCUT2D eigenvalue weighted by Gasteiger charge is -2.17. The van der Waals surface area contributed by atoms with Gasteiger partial charge in [-0.1, -0.05) is 35.0 Å². The number of halogens is 1. The Morgan fingerprint density at radius 1 is 1.35 bits per heavy atom. The van der Waals surface area contributed by atoms with Crippen LogP contribution in [0.5, 0.6) is 0 Å². The first-order chi connectivity index (χ1) is 9.56. The zero-order valence-electron chi connectivity index (χ0n) is 11.1. The molecule has 0 aliphatic carbocycles. The van der Waals surface area contributed by atoms with Crippen LogP contribution in [0.4, 0.5) is 0 Å². The second-order valence-electron chi connectivity index (χ2n) is 3.40. The van der Waals surface area contributed by atoms with Crippen LogP contribution >= 0.6 is 18.3 Å². The molecule has 5 nitrogen and oxygen atoms in total. The van der Waals surface area contributed by atoms with E-state index in [-0.39, 0.29) is 5.71 Å². The summed E-state index contributed by atoms with van der Waals surface area (Å²) in [5.41, 5.74) is 0.482. The molecule has 0 saturated carbocycles. The Labute approximate surface area is 128 Å². The Bertz CT molecular complexity index is 564. The molecule has 0 N–H and O–H groups in total. The van der Waals surface area contributed by atoms with Crippen molar-refractivity contribution in [3.63, 3.8) is 0 Å². The lowest BCUT2D eigenvalue weighted by Crippen LogP contribution is -2.02. The van der Waals surface area contributed by atoms with E-state index in [0.29, 0.717) is 23.8 Å². The molecular formula is C12H14ClN2O3PS. The van der Waals surface area contributed by atoms with Crippen molar-refractivity contribution >= 4 is 35.8 Å². The van der Waals surface area contributed by atoms with Crippen LogP contribution in [0.25, 0.3) is 0 Å². The zero-order valence-corrected chi connectivity index (χ0v) is 13.5. The number of oxime groups is 1. The first-order valence-electron chi connectivity index (χ1n) is 5.87. The SMILES string of the molecule is CCOP(=S)(OCC)ON=C(C#N)c1ccccc1Cl. The van der Waals surface area contributed by atoms with Gasteiger partial charge in [0, 0.05) is 17.4 Å². The van der Waals surface area contributed by atoms with Crippen molar-refractivity contribution in [3.05, 3.63) is 34.9 Å². The third-order valence-electron chi connectivity index (χ3n) is 2.04. The van der Waals surface area contributed by atoms with Crippen LogP contribution in [-0.4, -0.2) is 18.9 Å². The van der Waals surface area contributed by atoms with Gasteiger partial charge in [-0.05, 0) is 19.9 Å². The summed E-state index contributed by atoms with van der Waals surface area (Å²) >= 11 is 11.1. The summed E-state index contributed by atoms with van der Waals surface area (Å²) in [6, 6.07) is 8.74. The van der Waals surface area contributed by atoms with Crippen LogP contribution in [-0.2, 0) is 25.5 Å². The predicted molar refractivity (Wildman–Crippen MR) is 82.2 cm³/mol. The monoisotopic (exact) mass is 332 g/mol. The molecule has 0 aliphatic rings. The van der Waals surface area contributed by atoms with Crippen molar-refractivity contribution in [1.82, 2.24) is 0 Å². The third-order valence-corrected chi connectivity index (χ3v) is 4.63. The maximum absolute atomic E-state index is 9.14. The largest absolute Gasteiger partial charge is 0.402 e. The number of benzene rings is 1. The van der Waals surface area contributed by atoms with Crippen LogP contribution in [0, 0.1) is 11.3 Å². The predicted octanol–water partition coefficient (Wildman–Crippen LogP) is 3.88. The summed E-state index contributed by atoms with van der Waals surface area (Å²) in [5, 5.41) is 13.3. The molecule has 1 aromatic carbocycles. The van der Waals surface area contributed by atoms with Gasteiger partial charge in [0.05, 0.1) is 18.2 Å². The molecule has 0 bridgehead atoms. The van der Waals surface area contributed by atoms with Crippen LogP contribution < -0.4 is 0 Å². The second-order valence-corrected chi connectivity index (χ2v) is 6.72. The highest BCUT2D eigenvalue weighted by molar-refractivity contribution is 8.07. The molecule has 0 fully saturated rings. The molecule has 0 atom stereocenters. The standard InChI is InChI=1S/C12H14ClN2O3PS/c1-3-16-19(20,17-4-2)18-15-12(9-14)10-7-5-6-8-11(10)13/h5-8H,3-4H2,1-2H3. The van der Waals surface area contributed by atoms with E-state index < -0.39 is 6.72 Å². The lowest BCUT2D eigenvalue weighted by atomic mass is 10.1. The van der Waals surface area contributed by atoms with Gasteiger partial charge in [-0.3, -0.25) is 9.05 Å². The number of hydrogen-bond donors (Lipinski definition) is 0. The average Bonchev–Trinajstić information content (AvgIpc) is 2.42. The van der Waals surface area contributed by atoms with Gasteiger partial charge < -0.3 is 4.62 Å². The third kappa shape index (κ3) is 4.86. The number of nitrogens with zero attached hydrogens (tertiary/aromatic N) is 2. The Kier molecular flexibility index (Phi) is 7.14. The Hall–Kier alpha value is -0.960. The fraction of sp³-hybridized carbons (Fsp3) is 0.333. The lowest BCUT2D eigenvalue weighted by molar-refractivity contribution is 0.172. The second kappa shape index (κ2) is 8.35. The van der Waals surface area contributed by atoms with Crippen molar-refractivity contribution in [2.24, 2.45) is 5.16 Å². The highest BCUT2D eigenvalue weighted by atomic mass is 35.5. The van der Waals surface area contributed by atoms with Crippen LogP contribution in [0.15, 0.2) is 29.4 Å². The molecule has 0 saturated heterocycles. The van der Waals surface area contributed by atoms with E-state index in [2.05, 4.69) is 5.16 Å². The van der Waals surface area contributed by atoms with E-state index in [4.69, 9.17) is 42.3 Å². The van der Waals surface area contributed by atoms with E-state index in [1.165, 1.54) is 0 Å². The molecule has 0 radical (unpaired) electrons. The molecule has 108 valence electrons. The van der Waals surface area contributed by atoms with Gasteiger partial charge >= 0.3 is 6.72 Å². The zero-order chi connectivity index (χ0) is 15.0. The maximum atomic E-state index is 9.14. The summed E-state index contributed by atoms with van der Waals surface area (Å²) < 4.78 is 15.7. The van der Waals surface area contributed by atoms with Crippen LogP contribution in [0.3, 0.4) is 0 Å². The maximum Gasteiger partial charge on any atom is 0.402 e. The van der Waals surface area contributed by atoms with Crippen LogP contribution in [0.2, 0.25) is 5.02 Å². The highest BCUT2D eigenvalue weighted by Crippen LogP contribution is 2.50. The summed E-state index contributed by atoms with van der Waals surface area (Å²) in [5.74, 6) is 0. The molecule has 0 aliphatic heterocycles. The van der Waals surface area contributed by atoms with Gasteiger partial charge in [0.25, 0.3) is 0 Å². The van der Waals surface area contributed by atoms with Gasteiger partial charge in [0.2, 0.25) is 0 Å². The van der Waals surface area contributed by atoms with Crippen LogP contribution in [0.1, 0.15) is 19.4 Å². The first-order valence-corrected chi connectivity index (χ1v) is 8.80. The Morgan fingerprint density at radius 3 is 2.45 bits per heavy atom. The molecule has 8 heteroatoms. The normalized spacial score (nSPS) is 12.0. The molecule has 0 aromatic heterocycles. The Balaban J connectivity index is 2.99. The number of hydrogen-bond acceptors (Lipinski definition) is 6. The Morgan fingerprint density at radius 2 is 1.95 bits per heavy atom. The van der Waals surface area contributed by atoms with Crippen molar-refractivity contribution in [3.8, 4) is 6.07 Å². The molecule has 20 heavy (non-hydrogen) atoms. The quantitative estimate of drug-likeness (QED) is 0.430.